The Hall–Kier alpha value is -4.56. The molecular weight excluding hydrogens is 448 g/mol. The predicted molar refractivity (Wildman–Crippen MR) is 138 cm³/mol. The van der Waals surface area contributed by atoms with Gasteiger partial charge in [-0.15, -0.1) is 10.2 Å². The van der Waals surface area contributed by atoms with Crippen LogP contribution in [0.1, 0.15) is 24.8 Å². The highest BCUT2D eigenvalue weighted by Gasteiger charge is 2.34. The molecule has 4 heterocycles. The van der Waals surface area contributed by atoms with Crippen LogP contribution < -0.4 is 5.73 Å². The number of hydrogen-bond acceptors (Lipinski definition) is 7. The number of nitrogens with two attached hydrogens (primary N) is 1. The van der Waals surface area contributed by atoms with Gasteiger partial charge < -0.3 is 5.73 Å². The summed E-state index contributed by atoms with van der Waals surface area (Å²) in [5.41, 5.74) is 13.8. The maximum Gasteiger partial charge on any atom is 0.190 e. The SMILES string of the molecule is NC1(c2ccc(-c3nc4ccc5nnc(-c6cnccn6)n5c4nc3-c3ccccc3)cc2)CCC1. The van der Waals surface area contributed by atoms with E-state index >= 15 is 0 Å². The third-order valence-electron chi connectivity index (χ3n) is 7.01. The van der Waals surface area contributed by atoms with Crippen LogP contribution in [0.15, 0.2) is 85.3 Å². The van der Waals surface area contributed by atoms with Crippen LogP contribution in [0.4, 0.5) is 0 Å². The van der Waals surface area contributed by atoms with Crippen LogP contribution in [0.25, 0.3) is 50.8 Å². The van der Waals surface area contributed by atoms with E-state index in [0.29, 0.717) is 22.8 Å². The fourth-order valence-corrected chi connectivity index (χ4v) is 4.87. The first-order valence-electron chi connectivity index (χ1n) is 12.0. The number of nitrogens with zero attached hydrogens (tertiary/aromatic N) is 7. The molecule has 1 aliphatic rings. The van der Waals surface area contributed by atoms with E-state index < -0.39 is 0 Å². The zero-order chi connectivity index (χ0) is 24.1. The van der Waals surface area contributed by atoms with Crippen LogP contribution in [-0.4, -0.2) is 34.5 Å². The Morgan fingerprint density at radius 3 is 2.28 bits per heavy atom. The first-order chi connectivity index (χ1) is 17.7. The van der Waals surface area contributed by atoms with Gasteiger partial charge in [-0.3, -0.25) is 9.38 Å². The molecule has 0 radical (unpaired) electrons. The lowest BCUT2D eigenvalue weighted by molar-refractivity contribution is 0.253. The number of fused-ring (bicyclic) bond motifs is 3. The minimum Gasteiger partial charge on any atom is -0.321 e. The minimum absolute atomic E-state index is 0.202. The highest BCUT2D eigenvalue weighted by molar-refractivity contribution is 5.86. The molecule has 7 rings (SSSR count). The van der Waals surface area contributed by atoms with Crippen LogP contribution in [0.5, 0.6) is 0 Å². The second-order valence-corrected chi connectivity index (χ2v) is 9.22. The quantitative estimate of drug-likeness (QED) is 0.394. The second kappa shape index (κ2) is 8.00. The van der Waals surface area contributed by atoms with Gasteiger partial charge in [0.05, 0.1) is 17.6 Å². The van der Waals surface area contributed by atoms with Crippen LogP contribution >= 0.6 is 0 Å². The van der Waals surface area contributed by atoms with Crippen molar-refractivity contribution in [3.05, 3.63) is 90.9 Å². The summed E-state index contributed by atoms with van der Waals surface area (Å²) in [5, 5.41) is 8.72. The predicted octanol–water partition coefficient (Wildman–Crippen LogP) is 4.80. The Balaban J connectivity index is 1.47. The molecule has 0 atom stereocenters. The molecule has 0 unspecified atom stereocenters. The molecule has 1 aliphatic carbocycles. The molecule has 8 nitrogen and oxygen atoms in total. The Morgan fingerprint density at radius 2 is 1.56 bits per heavy atom. The molecular formula is C28H22N8. The minimum atomic E-state index is -0.202. The van der Waals surface area contributed by atoms with Crippen molar-refractivity contribution in [2.75, 3.05) is 0 Å². The number of aromatic nitrogens is 7. The zero-order valence-electron chi connectivity index (χ0n) is 19.4. The van der Waals surface area contributed by atoms with Crippen molar-refractivity contribution < 1.29 is 0 Å². The summed E-state index contributed by atoms with van der Waals surface area (Å²) in [4.78, 5) is 18.9. The normalized spacial score (nSPS) is 14.7. The summed E-state index contributed by atoms with van der Waals surface area (Å²) in [7, 11) is 0. The highest BCUT2D eigenvalue weighted by atomic mass is 15.3. The summed E-state index contributed by atoms with van der Waals surface area (Å²) < 4.78 is 1.89. The summed E-state index contributed by atoms with van der Waals surface area (Å²) in [6, 6.07) is 22.4. The Kier molecular flexibility index (Phi) is 4.62. The monoisotopic (exact) mass is 470 g/mol. The zero-order valence-corrected chi connectivity index (χ0v) is 19.4. The molecule has 0 saturated heterocycles. The standard InChI is InChI=1S/C28H22N8/c29-28(13-4-14-28)20-9-7-19(8-10-20)24-25(18-5-2-1-3-6-18)33-26-21(32-24)11-12-23-34-35-27(36(23)26)22-17-30-15-16-31-22/h1-3,5-12,15-17H,4,13-14,29H2. The third kappa shape index (κ3) is 3.26. The van der Waals surface area contributed by atoms with Gasteiger partial charge in [-0.25, -0.2) is 15.0 Å². The molecule has 1 saturated carbocycles. The first-order valence-corrected chi connectivity index (χ1v) is 12.0. The number of pyridine rings is 1. The molecule has 8 heteroatoms. The van der Waals surface area contributed by atoms with E-state index in [-0.39, 0.29) is 5.54 Å². The number of rotatable bonds is 4. The third-order valence-corrected chi connectivity index (χ3v) is 7.01. The molecule has 6 aromatic rings. The van der Waals surface area contributed by atoms with Crippen LogP contribution in [-0.2, 0) is 5.54 Å². The molecule has 174 valence electrons. The average molecular weight is 471 g/mol. The van der Waals surface area contributed by atoms with Crippen LogP contribution in [0.2, 0.25) is 0 Å². The van der Waals surface area contributed by atoms with Gasteiger partial charge in [-0.2, -0.15) is 0 Å². The van der Waals surface area contributed by atoms with Gasteiger partial charge in [0.25, 0.3) is 0 Å². The van der Waals surface area contributed by atoms with Crippen molar-refractivity contribution in [3.63, 3.8) is 0 Å². The van der Waals surface area contributed by atoms with Gasteiger partial charge in [0.2, 0.25) is 0 Å². The Morgan fingerprint density at radius 1 is 0.778 bits per heavy atom. The van der Waals surface area contributed by atoms with E-state index in [2.05, 4.69) is 44.4 Å². The van der Waals surface area contributed by atoms with E-state index in [1.165, 1.54) is 12.0 Å². The summed E-state index contributed by atoms with van der Waals surface area (Å²) in [6.07, 6.45) is 8.18. The fourth-order valence-electron chi connectivity index (χ4n) is 4.87. The van der Waals surface area contributed by atoms with Gasteiger partial charge in [-0.05, 0) is 37.0 Å². The maximum absolute atomic E-state index is 6.56. The Bertz CT molecular complexity index is 1710. The van der Waals surface area contributed by atoms with E-state index in [1.54, 1.807) is 18.6 Å². The van der Waals surface area contributed by atoms with Crippen molar-refractivity contribution >= 4 is 16.8 Å². The smallest absolute Gasteiger partial charge is 0.190 e. The number of hydrogen-bond donors (Lipinski definition) is 1. The summed E-state index contributed by atoms with van der Waals surface area (Å²) >= 11 is 0. The molecule has 0 spiro atoms. The van der Waals surface area contributed by atoms with Crippen LogP contribution in [0, 0.1) is 0 Å². The number of benzene rings is 2. The Labute approximate surface area is 206 Å². The highest BCUT2D eigenvalue weighted by Crippen LogP contribution is 2.40. The van der Waals surface area contributed by atoms with Crippen LogP contribution in [0.3, 0.4) is 0 Å². The molecule has 2 aromatic carbocycles. The van der Waals surface area contributed by atoms with Gasteiger partial charge in [0.15, 0.2) is 17.1 Å². The maximum atomic E-state index is 6.56. The summed E-state index contributed by atoms with van der Waals surface area (Å²) in [6.45, 7) is 0. The van der Waals surface area contributed by atoms with E-state index in [1.807, 2.05) is 46.9 Å². The second-order valence-electron chi connectivity index (χ2n) is 9.22. The topological polar surface area (TPSA) is 108 Å². The van der Waals surface area contributed by atoms with Crippen molar-refractivity contribution in [1.82, 2.24) is 34.5 Å². The van der Waals surface area contributed by atoms with E-state index in [0.717, 1.165) is 40.9 Å². The lowest BCUT2D eigenvalue weighted by atomic mass is 9.72. The molecule has 4 aromatic heterocycles. The lowest BCUT2D eigenvalue weighted by Gasteiger charge is -2.38. The largest absolute Gasteiger partial charge is 0.321 e. The van der Waals surface area contributed by atoms with Crippen molar-refractivity contribution in [2.45, 2.75) is 24.8 Å². The summed E-state index contributed by atoms with van der Waals surface area (Å²) in [5.74, 6) is 0.572. The lowest BCUT2D eigenvalue weighted by Crippen LogP contribution is -2.43. The van der Waals surface area contributed by atoms with Gasteiger partial charge in [0, 0.05) is 29.1 Å². The first kappa shape index (κ1) is 20.8. The molecule has 1 fully saturated rings. The molecule has 2 N–H and O–H groups in total. The average Bonchev–Trinajstić information content (AvgIpc) is 3.37. The van der Waals surface area contributed by atoms with E-state index in [9.17, 15) is 0 Å². The molecule has 36 heavy (non-hydrogen) atoms. The van der Waals surface area contributed by atoms with Crippen molar-refractivity contribution in [2.24, 2.45) is 5.73 Å². The van der Waals surface area contributed by atoms with Gasteiger partial charge in [-0.1, -0.05) is 54.6 Å². The van der Waals surface area contributed by atoms with Crippen molar-refractivity contribution in [1.29, 1.82) is 0 Å². The molecule has 0 amide bonds. The van der Waals surface area contributed by atoms with Gasteiger partial charge in [0.1, 0.15) is 11.2 Å². The molecule has 0 aliphatic heterocycles. The van der Waals surface area contributed by atoms with Crippen molar-refractivity contribution in [3.8, 4) is 34.0 Å². The molecule has 0 bridgehead atoms. The van der Waals surface area contributed by atoms with Gasteiger partial charge >= 0.3 is 0 Å². The van der Waals surface area contributed by atoms with E-state index in [4.69, 9.17) is 15.7 Å². The fraction of sp³-hybridized carbons (Fsp3) is 0.143.